The van der Waals surface area contributed by atoms with Gasteiger partial charge in [0, 0.05) is 0 Å². The third kappa shape index (κ3) is 4.18. The van der Waals surface area contributed by atoms with Crippen molar-refractivity contribution in [2.75, 3.05) is 34.5 Å². The second kappa shape index (κ2) is 8.03. The van der Waals surface area contributed by atoms with Crippen LogP contribution in [-0.2, 0) is 4.79 Å². The Bertz CT molecular complexity index is 685. The van der Waals surface area contributed by atoms with Gasteiger partial charge >= 0.3 is 0 Å². The summed E-state index contributed by atoms with van der Waals surface area (Å²) in [5.74, 6) is 0.859. The Hall–Kier alpha value is -2.25. The zero-order valence-electron chi connectivity index (χ0n) is 13.9. The molecule has 0 N–H and O–H groups in total. The molecule has 2 amide bonds. The average molecular weight is 348 g/mol. The van der Waals surface area contributed by atoms with Crippen LogP contribution >= 0.6 is 11.8 Å². The van der Waals surface area contributed by atoms with Crippen molar-refractivity contribution in [3.63, 3.8) is 0 Å². The number of hydrogen-bond acceptors (Lipinski definition) is 6. The van der Waals surface area contributed by atoms with E-state index in [-0.39, 0.29) is 17.8 Å². The fourth-order valence-electron chi connectivity index (χ4n) is 2.10. The number of methoxy groups -OCH3 is 1. The molecule has 1 aliphatic heterocycles. The van der Waals surface area contributed by atoms with Crippen LogP contribution in [0.3, 0.4) is 0 Å². The molecule has 0 unspecified atom stereocenters. The molecule has 0 aliphatic carbocycles. The van der Waals surface area contributed by atoms with Crippen LogP contribution in [0.15, 0.2) is 35.8 Å². The molecule has 128 valence electrons. The minimum Gasteiger partial charge on any atom is -0.493 e. The van der Waals surface area contributed by atoms with E-state index in [4.69, 9.17) is 9.47 Å². The van der Waals surface area contributed by atoms with Crippen molar-refractivity contribution in [2.24, 2.45) is 0 Å². The Labute approximate surface area is 145 Å². The standard InChI is InChI=1S/C17H20N2O4S/c1-5-8-23-13-7-6-12(9-14(13)22-4)10-15-16(20)19(11-18(2)3)17(21)24-15/h5-7,9-10H,1,8,11H2,2-4H3/b15-10+. The van der Waals surface area contributed by atoms with Crippen LogP contribution in [-0.4, -0.2) is 55.4 Å². The van der Waals surface area contributed by atoms with E-state index in [1.165, 1.54) is 4.90 Å². The van der Waals surface area contributed by atoms with Crippen LogP contribution in [0.4, 0.5) is 4.79 Å². The zero-order valence-corrected chi connectivity index (χ0v) is 14.8. The molecule has 0 radical (unpaired) electrons. The number of carbonyl (C=O) groups is 2. The van der Waals surface area contributed by atoms with E-state index in [9.17, 15) is 9.59 Å². The number of benzene rings is 1. The van der Waals surface area contributed by atoms with Gasteiger partial charge < -0.3 is 9.47 Å². The number of nitrogens with zero attached hydrogens (tertiary/aromatic N) is 2. The summed E-state index contributed by atoms with van der Waals surface area (Å²) in [5, 5.41) is -0.266. The van der Waals surface area contributed by atoms with Crippen molar-refractivity contribution in [1.29, 1.82) is 0 Å². The molecule has 0 bridgehead atoms. The van der Waals surface area contributed by atoms with Gasteiger partial charge in [-0.3, -0.25) is 19.4 Å². The Balaban J connectivity index is 2.23. The van der Waals surface area contributed by atoms with Gasteiger partial charge in [0.2, 0.25) is 0 Å². The van der Waals surface area contributed by atoms with E-state index in [1.54, 1.807) is 56.5 Å². The van der Waals surface area contributed by atoms with Crippen molar-refractivity contribution in [3.8, 4) is 11.5 Å². The van der Waals surface area contributed by atoms with Gasteiger partial charge in [-0.25, -0.2) is 0 Å². The number of ether oxygens (including phenoxy) is 2. The van der Waals surface area contributed by atoms with Gasteiger partial charge in [0.05, 0.1) is 18.7 Å². The highest BCUT2D eigenvalue weighted by Gasteiger charge is 2.35. The molecule has 24 heavy (non-hydrogen) atoms. The fourth-order valence-corrected chi connectivity index (χ4v) is 2.93. The Kier molecular flexibility index (Phi) is 6.05. The molecule has 1 aromatic carbocycles. The lowest BCUT2D eigenvalue weighted by molar-refractivity contribution is -0.123. The van der Waals surface area contributed by atoms with Gasteiger partial charge in [-0.05, 0) is 49.6 Å². The first-order chi connectivity index (χ1) is 11.5. The number of rotatable bonds is 7. The van der Waals surface area contributed by atoms with Crippen LogP contribution in [0.2, 0.25) is 0 Å². The molecule has 0 saturated carbocycles. The first kappa shape index (κ1) is 18.1. The average Bonchev–Trinajstić information content (AvgIpc) is 2.80. The van der Waals surface area contributed by atoms with Gasteiger partial charge in [-0.15, -0.1) is 0 Å². The minimum atomic E-state index is -0.287. The monoisotopic (exact) mass is 348 g/mol. The van der Waals surface area contributed by atoms with Crippen LogP contribution in [0.1, 0.15) is 5.56 Å². The SMILES string of the molecule is C=CCOc1ccc(/C=C2/SC(=O)N(CN(C)C)C2=O)cc1OC. The summed E-state index contributed by atoms with van der Waals surface area (Å²) in [6.07, 6.45) is 3.33. The lowest BCUT2D eigenvalue weighted by atomic mass is 10.2. The van der Waals surface area contributed by atoms with E-state index in [0.717, 1.165) is 17.3 Å². The molecule has 1 heterocycles. The Morgan fingerprint density at radius 3 is 2.67 bits per heavy atom. The predicted octanol–water partition coefficient (Wildman–Crippen LogP) is 2.82. The smallest absolute Gasteiger partial charge is 0.294 e. The van der Waals surface area contributed by atoms with E-state index < -0.39 is 0 Å². The number of hydrogen-bond donors (Lipinski definition) is 0. The maximum absolute atomic E-state index is 12.3. The molecule has 6 nitrogen and oxygen atoms in total. The van der Waals surface area contributed by atoms with Crippen molar-refractivity contribution >= 4 is 29.0 Å². The fraction of sp³-hybridized carbons (Fsp3) is 0.294. The second-order valence-corrected chi connectivity index (χ2v) is 6.33. The molecule has 7 heteroatoms. The maximum atomic E-state index is 12.3. The summed E-state index contributed by atoms with van der Waals surface area (Å²) in [6.45, 7) is 4.24. The quantitative estimate of drug-likeness (QED) is 0.558. The topological polar surface area (TPSA) is 59.1 Å². The molecule has 1 aromatic rings. The normalized spacial score (nSPS) is 16.2. The second-order valence-electron chi connectivity index (χ2n) is 5.34. The molecule has 0 aromatic heterocycles. The van der Waals surface area contributed by atoms with E-state index in [1.807, 2.05) is 0 Å². The number of amides is 2. The van der Waals surface area contributed by atoms with Crippen LogP contribution < -0.4 is 9.47 Å². The van der Waals surface area contributed by atoms with E-state index >= 15 is 0 Å². The summed E-state index contributed by atoms with van der Waals surface area (Å²) in [7, 11) is 5.16. The molecular weight excluding hydrogens is 328 g/mol. The molecule has 1 saturated heterocycles. The molecular formula is C17H20N2O4S. The zero-order chi connectivity index (χ0) is 17.7. The highest BCUT2D eigenvalue weighted by atomic mass is 32.2. The summed E-state index contributed by atoms with van der Waals surface area (Å²) in [4.78, 5) is 27.7. The van der Waals surface area contributed by atoms with Crippen LogP contribution in [0, 0.1) is 0 Å². The van der Waals surface area contributed by atoms with E-state index in [2.05, 4.69) is 6.58 Å². The van der Waals surface area contributed by atoms with Gasteiger partial charge in [0.1, 0.15) is 6.61 Å². The third-order valence-corrected chi connectivity index (χ3v) is 4.05. The van der Waals surface area contributed by atoms with Crippen LogP contribution in [0.5, 0.6) is 11.5 Å². The summed E-state index contributed by atoms with van der Waals surface area (Å²) < 4.78 is 10.8. The lowest BCUT2D eigenvalue weighted by Crippen LogP contribution is -2.36. The summed E-state index contributed by atoms with van der Waals surface area (Å²) in [6, 6.07) is 5.33. The van der Waals surface area contributed by atoms with Crippen molar-refractivity contribution in [1.82, 2.24) is 9.80 Å². The molecule has 0 spiro atoms. The molecule has 0 atom stereocenters. The summed E-state index contributed by atoms with van der Waals surface area (Å²) >= 11 is 0.937. The molecule has 1 aliphatic rings. The van der Waals surface area contributed by atoms with E-state index in [0.29, 0.717) is 23.0 Å². The highest BCUT2D eigenvalue weighted by molar-refractivity contribution is 8.18. The number of thioether (sulfide) groups is 1. The molecule has 1 fully saturated rings. The molecule has 2 rings (SSSR count). The number of carbonyl (C=O) groups excluding carboxylic acids is 2. The van der Waals surface area contributed by atoms with Crippen molar-refractivity contribution < 1.29 is 19.1 Å². The number of imide groups is 1. The Morgan fingerprint density at radius 1 is 1.29 bits per heavy atom. The Morgan fingerprint density at radius 2 is 2.04 bits per heavy atom. The minimum absolute atomic E-state index is 0.264. The van der Waals surface area contributed by atoms with Crippen molar-refractivity contribution in [3.05, 3.63) is 41.3 Å². The van der Waals surface area contributed by atoms with Crippen LogP contribution in [0.25, 0.3) is 6.08 Å². The van der Waals surface area contributed by atoms with Crippen molar-refractivity contribution in [2.45, 2.75) is 0 Å². The lowest BCUT2D eigenvalue weighted by Gasteiger charge is -2.17. The largest absolute Gasteiger partial charge is 0.493 e. The van der Waals surface area contributed by atoms with Gasteiger partial charge in [0.25, 0.3) is 11.1 Å². The summed E-state index contributed by atoms with van der Waals surface area (Å²) in [5.41, 5.74) is 0.758. The van der Waals surface area contributed by atoms with Gasteiger partial charge in [0.15, 0.2) is 11.5 Å². The maximum Gasteiger partial charge on any atom is 0.294 e. The third-order valence-electron chi connectivity index (χ3n) is 3.14. The first-order valence-corrected chi connectivity index (χ1v) is 8.09. The van der Waals surface area contributed by atoms with Gasteiger partial charge in [-0.1, -0.05) is 18.7 Å². The predicted molar refractivity (Wildman–Crippen MR) is 95.1 cm³/mol. The highest BCUT2D eigenvalue weighted by Crippen LogP contribution is 2.34. The first-order valence-electron chi connectivity index (χ1n) is 7.28. The van der Waals surface area contributed by atoms with Gasteiger partial charge in [-0.2, -0.15) is 0 Å².